The van der Waals surface area contributed by atoms with E-state index in [1.165, 1.54) is 12.3 Å². The molecular weight excluding hydrogens is 232 g/mol. The Morgan fingerprint density at radius 3 is 2.94 bits per heavy atom. The normalized spacial score (nSPS) is 10.1. The highest BCUT2D eigenvalue weighted by Crippen LogP contribution is 2.22. The molecule has 0 unspecified atom stereocenters. The monoisotopic (exact) mass is 244 g/mol. The number of rotatable bonds is 7. The number of nitro groups is 1. The van der Waals surface area contributed by atoms with Crippen LogP contribution in [0.15, 0.2) is 18.3 Å². The van der Waals surface area contributed by atoms with Crippen LogP contribution < -0.4 is 4.74 Å². The van der Waals surface area contributed by atoms with Crippen LogP contribution in [0, 0.1) is 10.1 Å². The second-order valence-electron chi connectivity index (χ2n) is 2.77. The molecule has 1 aromatic rings. The Hall–Kier alpha value is -1.34. The molecule has 1 heterocycles. The molecule has 88 valence electrons. The summed E-state index contributed by atoms with van der Waals surface area (Å²) in [6.45, 7) is 1.15. The van der Waals surface area contributed by atoms with Crippen molar-refractivity contribution < 1.29 is 14.4 Å². The van der Waals surface area contributed by atoms with Crippen LogP contribution in [-0.2, 0) is 4.74 Å². The number of thiol groups is 1. The Kier molecular flexibility index (Phi) is 5.58. The first-order valence-electron chi connectivity index (χ1n) is 4.66. The van der Waals surface area contributed by atoms with Gasteiger partial charge >= 0.3 is 5.82 Å². The van der Waals surface area contributed by atoms with Gasteiger partial charge in [0.15, 0.2) is 0 Å². The highest BCUT2D eigenvalue weighted by molar-refractivity contribution is 7.80. The van der Waals surface area contributed by atoms with E-state index >= 15 is 0 Å². The third kappa shape index (κ3) is 4.03. The standard InChI is InChI=1S/C9H12N2O4S/c12-11(13)9-8(2-1-3-10-9)15-5-4-14-6-7-16/h1-3,16H,4-7H2. The fourth-order valence-electron chi connectivity index (χ4n) is 1.01. The average Bonchev–Trinajstić information content (AvgIpc) is 2.29. The predicted molar refractivity (Wildman–Crippen MR) is 61.1 cm³/mol. The number of hydrogen-bond donors (Lipinski definition) is 1. The molecule has 0 bridgehead atoms. The maximum Gasteiger partial charge on any atom is 0.406 e. The smallest absolute Gasteiger partial charge is 0.406 e. The molecule has 1 aromatic heterocycles. The Morgan fingerprint density at radius 1 is 1.44 bits per heavy atom. The molecule has 0 N–H and O–H groups in total. The Labute approximate surface area is 98.1 Å². The molecule has 16 heavy (non-hydrogen) atoms. The third-order valence-corrected chi connectivity index (χ3v) is 1.83. The summed E-state index contributed by atoms with van der Waals surface area (Å²) in [7, 11) is 0. The first kappa shape index (κ1) is 12.7. The quantitative estimate of drug-likeness (QED) is 0.339. The van der Waals surface area contributed by atoms with Gasteiger partial charge in [0.2, 0.25) is 5.75 Å². The predicted octanol–water partition coefficient (Wildman–Crippen LogP) is 1.31. The fraction of sp³-hybridized carbons (Fsp3) is 0.444. The molecule has 0 amide bonds. The summed E-state index contributed by atoms with van der Waals surface area (Å²) in [4.78, 5) is 13.6. The van der Waals surface area contributed by atoms with Crippen LogP contribution >= 0.6 is 12.6 Å². The van der Waals surface area contributed by atoms with Crippen LogP contribution in [0.5, 0.6) is 5.75 Å². The van der Waals surface area contributed by atoms with Crippen molar-refractivity contribution in [1.82, 2.24) is 4.98 Å². The summed E-state index contributed by atoms with van der Waals surface area (Å²) in [6, 6.07) is 3.08. The maximum atomic E-state index is 10.6. The molecule has 0 spiro atoms. The summed E-state index contributed by atoms with van der Waals surface area (Å²) in [5.41, 5.74) is 0. The zero-order valence-electron chi connectivity index (χ0n) is 8.54. The minimum atomic E-state index is -0.579. The number of pyridine rings is 1. The molecule has 1 rings (SSSR count). The van der Waals surface area contributed by atoms with Gasteiger partial charge in [-0.2, -0.15) is 12.6 Å². The van der Waals surface area contributed by atoms with Gasteiger partial charge in [-0.1, -0.05) is 0 Å². The fourth-order valence-corrected chi connectivity index (χ4v) is 1.14. The van der Waals surface area contributed by atoms with Crippen LogP contribution in [0.2, 0.25) is 0 Å². The molecule has 6 nitrogen and oxygen atoms in total. The van der Waals surface area contributed by atoms with Crippen molar-refractivity contribution in [2.45, 2.75) is 0 Å². The molecule has 0 atom stereocenters. The molecular formula is C9H12N2O4S. The molecule has 0 radical (unpaired) electrons. The molecule has 0 saturated carbocycles. The van der Waals surface area contributed by atoms with E-state index in [-0.39, 0.29) is 18.2 Å². The molecule has 0 saturated heterocycles. The zero-order chi connectivity index (χ0) is 11.8. The van der Waals surface area contributed by atoms with E-state index < -0.39 is 4.92 Å². The van der Waals surface area contributed by atoms with E-state index in [1.54, 1.807) is 6.07 Å². The van der Waals surface area contributed by atoms with Crippen molar-refractivity contribution in [3.8, 4) is 5.75 Å². The summed E-state index contributed by atoms with van der Waals surface area (Å²) in [5.74, 6) is 0.506. The van der Waals surface area contributed by atoms with Crippen molar-refractivity contribution in [3.05, 3.63) is 28.4 Å². The minimum absolute atomic E-state index is 0.155. The van der Waals surface area contributed by atoms with Gasteiger partial charge in [-0.3, -0.25) is 0 Å². The van der Waals surface area contributed by atoms with Gasteiger partial charge in [-0.25, -0.2) is 0 Å². The van der Waals surface area contributed by atoms with E-state index in [0.29, 0.717) is 19.0 Å². The van der Waals surface area contributed by atoms with Gasteiger partial charge in [0.1, 0.15) is 12.8 Å². The summed E-state index contributed by atoms with van der Waals surface area (Å²) in [6.07, 6.45) is 1.35. The Balaban J connectivity index is 2.44. The lowest BCUT2D eigenvalue weighted by atomic mass is 10.4. The highest BCUT2D eigenvalue weighted by atomic mass is 32.1. The van der Waals surface area contributed by atoms with Crippen LogP contribution in [0.1, 0.15) is 0 Å². The summed E-state index contributed by atoms with van der Waals surface area (Å²) >= 11 is 3.97. The first-order valence-corrected chi connectivity index (χ1v) is 5.29. The number of hydrogen-bond acceptors (Lipinski definition) is 6. The number of nitrogens with zero attached hydrogens (tertiary/aromatic N) is 2. The second-order valence-corrected chi connectivity index (χ2v) is 3.21. The molecule has 0 aromatic carbocycles. The largest absolute Gasteiger partial charge is 0.483 e. The van der Waals surface area contributed by atoms with E-state index in [9.17, 15) is 10.1 Å². The average molecular weight is 244 g/mol. The van der Waals surface area contributed by atoms with Crippen LogP contribution in [0.25, 0.3) is 0 Å². The molecule has 0 fully saturated rings. The highest BCUT2D eigenvalue weighted by Gasteiger charge is 2.14. The van der Waals surface area contributed by atoms with Gasteiger partial charge in [0.05, 0.1) is 13.2 Å². The van der Waals surface area contributed by atoms with Crippen molar-refractivity contribution in [1.29, 1.82) is 0 Å². The summed E-state index contributed by atoms with van der Waals surface area (Å²) in [5, 5.41) is 10.6. The summed E-state index contributed by atoms with van der Waals surface area (Å²) < 4.78 is 10.3. The van der Waals surface area contributed by atoms with Crippen molar-refractivity contribution in [3.63, 3.8) is 0 Å². The van der Waals surface area contributed by atoms with Crippen molar-refractivity contribution in [2.75, 3.05) is 25.6 Å². The SMILES string of the molecule is O=[N+]([O-])c1ncccc1OCCOCCS. The van der Waals surface area contributed by atoms with Crippen LogP contribution in [0.3, 0.4) is 0 Å². The van der Waals surface area contributed by atoms with E-state index in [4.69, 9.17) is 9.47 Å². The second kappa shape index (κ2) is 7.02. The van der Waals surface area contributed by atoms with E-state index in [0.717, 1.165) is 0 Å². The lowest BCUT2D eigenvalue weighted by Gasteiger charge is -2.05. The van der Waals surface area contributed by atoms with Gasteiger partial charge in [0.25, 0.3) is 0 Å². The lowest BCUT2D eigenvalue weighted by molar-refractivity contribution is -0.390. The van der Waals surface area contributed by atoms with E-state index in [2.05, 4.69) is 17.6 Å². The van der Waals surface area contributed by atoms with Gasteiger partial charge in [0, 0.05) is 5.75 Å². The number of aromatic nitrogens is 1. The first-order chi connectivity index (χ1) is 7.75. The molecule has 0 aliphatic heterocycles. The van der Waals surface area contributed by atoms with Crippen molar-refractivity contribution in [2.24, 2.45) is 0 Å². The maximum absolute atomic E-state index is 10.6. The lowest BCUT2D eigenvalue weighted by Crippen LogP contribution is -2.09. The molecule has 0 aliphatic carbocycles. The van der Waals surface area contributed by atoms with E-state index in [1.807, 2.05) is 0 Å². The third-order valence-electron chi connectivity index (χ3n) is 1.64. The van der Waals surface area contributed by atoms with Gasteiger partial charge in [-0.15, -0.1) is 0 Å². The Bertz CT molecular complexity index is 348. The minimum Gasteiger partial charge on any atom is -0.483 e. The van der Waals surface area contributed by atoms with Gasteiger partial charge in [-0.05, 0) is 22.0 Å². The van der Waals surface area contributed by atoms with Crippen LogP contribution in [-0.4, -0.2) is 35.5 Å². The topological polar surface area (TPSA) is 74.5 Å². The van der Waals surface area contributed by atoms with Crippen molar-refractivity contribution >= 4 is 18.4 Å². The zero-order valence-corrected chi connectivity index (χ0v) is 9.43. The Morgan fingerprint density at radius 2 is 2.25 bits per heavy atom. The van der Waals surface area contributed by atoms with Crippen LogP contribution in [0.4, 0.5) is 5.82 Å². The molecule has 0 aliphatic rings. The van der Waals surface area contributed by atoms with Gasteiger partial charge < -0.3 is 19.6 Å². The molecule has 7 heteroatoms. The number of ether oxygens (including phenoxy) is 2.